The van der Waals surface area contributed by atoms with E-state index in [1.165, 1.54) is 7.11 Å². The summed E-state index contributed by atoms with van der Waals surface area (Å²) in [4.78, 5) is 25.5. The van der Waals surface area contributed by atoms with Crippen LogP contribution in [0.15, 0.2) is 30.3 Å². The third-order valence-corrected chi connectivity index (χ3v) is 4.05. The van der Waals surface area contributed by atoms with Gasteiger partial charge in [-0.25, -0.2) is 4.79 Å². The zero-order valence-corrected chi connectivity index (χ0v) is 13.8. The Kier molecular flexibility index (Phi) is 7.02. The van der Waals surface area contributed by atoms with Gasteiger partial charge in [-0.15, -0.1) is 0 Å². The summed E-state index contributed by atoms with van der Waals surface area (Å²) in [6.07, 6.45) is 1.02. The van der Waals surface area contributed by atoms with Gasteiger partial charge in [0.2, 0.25) is 0 Å². The van der Waals surface area contributed by atoms with Gasteiger partial charge in [0.05, 0.1) is 19.8 Å². The lowest BCUT2D eigenvalue weighted by atomic mass is 10.2. The predicted octanol–water partition coefficient (Wildman–Crippen LogP) is 0.911. The van der Waals surface area contributed by atoms with E-state index in [4.69, 9.17) is 9.47 Å². The Balaban J connectivity index is 1.80. The van der Waals surface area contributed by atoms with Crippen molar-refractivity contribution in [1.82, 2.24) is 10.2 Å². The standard InChI is InChI=1S/C17H24N2O5/c1-23-16(21)15-8-5-9-19(15)10-14(11-20)18-17(22)24-12-13-6-3-2-4-7-13/h2-4,6-7,14-15,20H,5,8-12H2,1H3,(H,18,22)/t14-,15-/m0/s1. The van der Waals surface area contributed by atoms with Gasteiger partial charge >= 0.3 is 12.1 Å². The van der Waals surface area contributed by atoms with Crippen LogP contribution < -0.4 is 5.32 Å². The Hall–Kier alpha value is -2.12. The number of amides is 1. The van der Waals surface area contributed by atoms with Crippen molar-refractivity contribution in [1.29, 1.82) is 0 Å². The molecule has 24 heavy (non-hydrogen) atoms. The average Bonchev–Trinajstić information content (AvgIpc) is 3.07. The Morgan fingerprint density at radius 2 is 2.12 bits per heavy atom. The predicted molar refractivity (Wildman–Crippen MR) is 87.2 cm³/mol. The van der Waals surface area contributed by atoms with E-state index in [1.807, 2.05) is 35.2 Å². The molecule has 1 fully saturated rings. The summed E-state index contributed by atoms with van der Waals surface area (Å²) >= 11 is 0. The molecule has 1 aromatic carbocycles. The fourth-order valence-electron chi connectivity index (χ4n) is 2.81. The fraction of sp³-hybridized carbons (Fsp3) is 0.529. The number of ether oxygens (including phenoxy) is 2. The number of carbonyl (C=O) groups is 2. The number of likely N-dealkylation sites (tertiary alicyclic amines) is 1. The molecule has 2 rings (SSSR count). The van der Waals surface area contributed by atoms with Crippen molar-refractivity contribution < 1.29 is 24.2 Å². The van der Waals surface area contributed by atoms with Crippen LogP contribution in [-0.4, -0.2) is 61.0 Å². The molecule has 0 aromatic heterocycles. The summed E-state index contributed by atoms with van der Waals surface area (Å²) in [5.41, 5.74) is 0.887. The lowest BCUT2D eigenvalue weighted by molar-refractivity contribution is -0.146. The highest BCUT2D eigenvalue weighted by Gasteiger charge is 2.33. The molecule has 0 bridgehead atoms. The van der Waals surface area contributed by atoms with Crippen molar-refractivity contribution in [3.05, 3.63) is 35.9 Å². The second-order valence-electron chi connectivity index (χ2n) is 5.76. The minimum Gasteiger partial charge on any atom is -0.468 e. The van der Waals surface area contributed by atoms with E-state index < -0.39 is 12.1 Å². The first kappa shape index (κ1) is 18.2. The molecule has 1 aromatic rings. The minimum atomic E-state index is -0.591. The molecule has 7 heteroatoms. The number of nitrogens with zero attached hydrogens (tertiary/aromatic N) is 1. The lowest BCUT2D eigenvalue weighted by Gasteiger charge is -2.26. The van der Waals surface area contributed by atoms with E-state index in [2.05, 4.69) is 5.32 Å². The van der Waals surface area contributed by atoms with Gasteiger partial charge in [0.1, 0.15) is 12.6 Å². The zero-order chi connectivity index (χ0) is 17.4. The van der Waals surface area contributed by atoms with Gasteiger partial charge in [0.15, 0.2) is 0 Å². The van der Waals surface area contributed by atoms with E-state index >= 15 is 0 Å². The van der Waals surface area contributed by atoms with Gasteiger partial charge in [0, 0.05) is 6.54 Å². The highest BCUT2D eigenvalue weighted by Crippen LogP contribution is 2.18. The molecule has 1 heterocycles. The Labute approximate surface area is 141 Å². The number of aliphatic hydroxyl groups excluding tert-OH is 1. The van der Waals surface area contributed by atoms with E-state index in [9.17, 15) is 14.7 Å². The van der Waals surface area contributed by atoms with E-state index in [-0.39, 0.29) is 25.2 Å². The molecule has 0 radical (unpaired) electrons. The molecule has 1 saturated heterocycles. The van der Waals surface area contributed by atoms with Crippen molar-refractivity contribution in [2.75, 3.05) is 26.8 Å². The van der Waals surface area contributed by atoms with Gasteiger partial charge < -0.3 is 19.9 Å². The van der Waals surface area contributed by atoms with Crippen molar-refractivity contribution in [3.8, 4) is 0 Å². The smallest absolute Gasteiger partial charge is 0.407 e. The van der Waals surface area contributed by atoms with Gasteiger partial charge in [-0.2, -0.15) is 0 Å². The van der Waals surface area contributed by atoms with Crippen LogP contribution in [-0.2, 0) is 20.9 Å². The monoisotopic (exact) mass is 336 g/mol. The number of carbonyl (C=O) groups excluding carboxylic acids is 2. The SMILES string of the molecule is COC(=O)[C@@H]1CCCN1C[C@@H](CO)NC(=O)OCc1ccccc1. The van der Waals surface area contributed by atoms with Crippen LogP contribution in [0, 0.1) is 0 Å². The maximum atomic E-state index is 11.9. The molecule has 0 unspecified atom stereocenters. The molecular weight excluding hydrogens is 312 g/mol. The van der Waals surface area contributed by atoms with Gasteiger partial charge in [-0.1, -0.05) is 30.3 Å². The molecule has 7 nitrogen and oxygen atoms in total. The fourth-order valence-corrected chi connectivity index (χ4v) is 2.81. The minimum absolute atomic E-state index is 0.166. The van der Waals surface area contributed by atoms with Gasteiger partial charge in [-0.05, 0) is 24.9 Å². The second kappa shape index (κ2) is 9.24. The number of hydrogen-bond donors (Lipinski definition) is 2. The average molecular weight is 336 g/mol. The normalized spacial score (nSPS) is 18.8. The van der Waals surface area contributed by atoms with Gasteiger partial charge in [0.25, 0.3) is 0 Å². The first-order valence-corrected chi connectivity index (χ1v) is 8.04. The maximum absolute atomic E-state index is 11.9. The number of aliphatic hydroxyl groups is 1. The quantitative estimate of drug-likeness (QED) is 0.720. The lowest BCUT2D eigenvalue weighted by Crippen LogP contribution is -2.49. The summed E-state index contributed by atoms with van der Waals surface area (Å²) in [6, 6.07) is 8.54. The van der Waals surface area contributed by atoms with Crippen LogP contribution in [0.2, 0.25) is 0 Å². The topological polar surface area (TPSA) is 88.1 Å². The molecular formula is C17H24N2O5. The van der Waals surface area contributed by atoms with E-state index in [0.717, 1.165) is 24.9 Å². The van der Waals surface area contributed by atoms with Crippen molar-refractivity contribution in [3.63, 3.8) is 0 Å². The number of alkyl carbamates (subject to hydrolysis) is 1. The van der Waals surface area contributed by atoms with Crippen LogP contribution in [0.1, 0.15) is 18.4 Å². The second-order valence-corrected chi connectivity index (χ2v) is 5.76. The summed E-state index contributed by atoms with van der Waals surface area (Å²) in [5.74, 6) is -0.282. The van der Waals surface area contributed by atoms with Crippen LogP contribution in [0.25, 0.3) is 0 Å². The number of rotatable bonds is 7. The number of esters is 1. The summed E-state index contributed by atoms with van der Waals surface area (Å²) in [5, 5.41) is 12.1. The Morgan fingerprint density at radius 3 is 2.79 bits per heavy atom. The van der Waals surface area contributed by atoms with Crippen molar-refractivity contribution in [2.24, 2.45) is 0 Å². The molecule has 0 spiro atoms. The zero-order valence-electron chi connectivity index (χ0n) is 13.8. The molecule has 1 aliphatic heterocycles. The number of methoxy groups -OCH3 is 1. The van der Waals surface area contributed by atoms with E-state index in [0.29, 0.717) is 6.54 Å². The van der Waals surface area contributed by atoms with Crippen molar-refractivity contribution in [2.45, 2.75) is 31.5 Å². The Morgan fingerprint density at radius 1 is 1.38 bits per heavy atom. The first-order valence-electron chi connectivity index (χ1n) is 8.04. The van der Waals surface area contributed by atoms with Crippen LogP contribution in [0.5, 0.6) is 0 Å². The number of nitrogens with one attached hydrogen (secondary N) is 1. The molecule has 1 amide bonds. The van der Waals surface area contributed by atoms with Crippen LogP contribution >= 0.6 is 0 Å². The summed E-state index contributed by atoms with van der Waals surface area (Å²) in [6.45, 7) is 1.04. The third-order valence-electron chi connectivity index (χ3n) is 4.05. The molecule has 132 valence electrons. The highest BCUT2D eigenvalue weighted by molar-refractivity contribution is 5.76. The summed E-state index contributed by atoms with van der Waals surface area (Å²) < 4.78 is 9.94. The molecule has 2 atom stereocenters. The van der Waals surface area contributed by atoms with Crippen molar-refractivity contribution >= 4 is 12.1 Å². The van der Waals surface area contributed by atoms with Crippen LogP contribution in [0.3, 0.4) is 0 Å². The molecule has 2 N–H and O–H groups in total. The number of hydrogen-bond acceptors (Lipinski definition) is 6. The molecule has 0 aliphatic carbocycles. The first-order chi connectivity index (χ1) is 11.6. The van der Waals surface area contributed by atoms with Crippen LogP contribution in [0.4, 0.5) is 4.79 Å². The maximum Gasteiger partial charge on any atom is 0.407 e. The largest absolute Gasteiger partial charge is 0.468 e. The number of benzene rings is 1. The molecule has 1 aliphatic rings. The highest BCUT2D eigenvalue weighted by atomic mass is 16.5. The molecule has 0 saturated carbocycles. The summed E-state index contributed by atoms with van der Waals surface area (Å²) in [7, 11) is 1.36. The third kappa shape index (κ3) is 5.21. The Bertz CT molecular complexity index is 537. The van der Waals surface area contributed by atoms with Gasteiger partial charge in [-0.3, -0.25) is 9.69 Å². The van der Waals surface area contributed by atoms with E-state index in [1.54, 1.807) is 0 Å².